The molecule has 2 aromatic carbocycles. The second-order valence-electron chi connectivity index (χ2n) is 18.2. The Morgan fingerprint density at radius 2 is 1.11 bits per heavy atom. The van der Waals surface area contributed by atoms with E-state index in [1.807, 2.05) is 50.2 Å². The van der Waals surface area contributed by atoms with Gasteiger partial charge in [0.05, 0.1) is 22.9 Å². The average molecular weight is 785 g/mol. The standard InChI is InChI=1S/C44H60N6O7/c1-41-19-5-21-43(3,33(41)15-9-25-7-11-27(23-29(25)41)48-37(54)31(45)13-17-35(47)51)39(56)50-40(57)44(4)22-6-20-42(2)30-24-28(12-8-26(30)10-16-34(42)44)49-38(55)32(46)14-18-36(52)53/h7-8,11-12,23-24,31-34H,5-6,9-10,13-22,45-46H2,1-4H3,(H2,47,51)(H,48,54)(H,49,55)(H,52,53)(H,50,56,57)/t31-,32-,33?,34+,41+,42+,43-,44-/m0/s1. The third-order valence-electron chi connectivity index (χ3n) is 14.6. The third kappa shape index (κ3) is 7.97. The summed E-state index contributed by atoms with van der Waals surface area (Å²) in [5, 5.41) is 17.8. The first-order chi connectivity index (χ1) is 26.8. The molecule has 2 fully saturated rings. The number of aryl methyl sites for hydroxylation is 2. The molecular formula is C44H60N6O7. The topological polar surface area (TPSA) is 237 Å². The van der Waals surface area contributed by atoms with Crippen LogP contribution >= 0.6 is 0 Å². The minimum absolute atomic E-state index is 0.0202. The number of primary amides is 1. The molecule has 2 saturated carbocycles. The summed E-state index contributed by atoms with van der Waals surface area (Å²) in [5.41, 5.74) is 20.6. The van der Waals surface area contributed by atoms with Gasteiger partial charge in [0, 0.05) is 24.2 Å². The highest BCUT2D eigenvalue weighted by molar-refractivity contribution is 6.01. The van der Waals surface area contributed by atoms with E-state index in [2.05, 4.69) is 29.8 Å². The maximum Gasteiger partial charge on any atom is 0.303 e. The van der Waals surface area contributed by atoms with Crippen molar-refractivity contribution < 1.29 is 33.9 Å². The number of carbonyl (C=O) groups is 6. The SMILES string of the molecule is C[C@]1(C(=O)NC(=O)[C@@]2(C)CCC[C@]3(C)c4cc(NC(=O)[C@@H](N)CCC(=O)O)ccc4CC[C@@H]23)CCC[C@]2(C)c3cc(NC(=O)[C@@H](N)CCC(N)=O)ccc3CCC12. The molecule has 308 valence electrons. The van der Waals surface area contributed by atoms with Crippen LogP contribution in [-0.2, 0) is 52.4 Å². The van der Waals surface area contributed by atoms with Crippen molar-refractivity contribution >= 4 is 46.9 Å². The molecule has 0 saturated heterocycles. The van der Waals surface area contributed by atoms with Gasteiger partial charge in [-0.05, 0) is 133 Å². The minimum Gasteiger partial charge on any atom is -0.481 e. The number of benzene rings is 2. The van der Waals surface area contributed by atoms with Gasteiger partial charge < -0.3 is 32.9 Å². The Balaban J connectivity index is 1.19. The summed E-state index contributed by atoms with van der Waals surface area (Å²) in [6, 6.07) is 9.93. The number of rotatable bonds is 12. The normalized spacial score (nSPS) is 29.9. The number of hydrogen-bond donors (Lipinski definition) is 7. The average Bonchev–Trinajstić information content (AvgIpc) is 3.16. The molecule has 57 heavy (non-hydrogen) atoms. The third-order valence-corrected chi connectivity index (χ3v) is 14.6. The van der Waals surface area contributed by atoms with Crippen molar-refractivity contribution in [3.63, 3.8) is 0 Å². The number of carboxylic acid groups (broad SMARTS) is 1. The van der Waals surface area contributed by atoms with E-state index in [9.17, 15) is 28.8 Å². The number of anilines is 2. The van der Waals surface area contributed by atoms with Gasteiger partial charge in [-0.3, -0.25) is 34.1 Å². The summed E-state index contributed by atoms with van der Waals surface area (Å²) in [6.45, 7) is 8.43. The molecule has 0 aromatic heterocycles. The number of hydrogen-bond acceptors (Lipinski definition) is 8. The highest BCUT2D eigenvalue weighted by atomic mass is 16.4. The van der Waals surface area contributed by atoms with Crippen LogP contribution in [0.15, 0.2) is 36.4 Å². The van der Waals surface area contributed by atoms with Crippen molar-refractivity contribution in [1.29, 1.82) is 0 Å². The van der Waals surface area contributed by atoms with E-state index in [0.29, 0.717) is 24.2 Å². The summed E-state index contributed by atoms with van der Waals surface area (Å²) in [6.07, 6.45) is 7.76. The van der Waals surface area contributed by atoms with Crippen LogP contribution in [-0.4, -0.2) is 52.7 Å². The summed E-state index contributed by atoms with van der Waals surface area (Å²) in [7, 11) is 0. The smallest absolute Gasteiger partial charge is 0.303 e. The van der Waals surface area contributed by atoms with Crippen molar-refractivity contribution in [1.82, 2.24) is 5.32 Å². The molecular weight excluding hydrogens is 725 g/mol. The zero-order chi connectivity index (χ0) is 41.5. The monoisotopic (exact) mass is 784 g/mol. The Morgan fingerprint density at radius 3 is 1.51 bits per heavy atom. The zero-order valence-electron chi connectivity index (χ0n) is 33.8. The zero-order valence-corrected chi connectivity index (χ0v) is 33.8. The van der Waals surface area contributed by atoms with Crippen LogP contribution in [0.25, 0.3) is 0 Å². The predicted octanol–water partition coefficient (Wildman–Crippen LogP) is 4.71. The largest absolute Gasteiger partial charge is 0.481 e. The van der Waals surface area contributed by atoms with E-state index in [4.69, 9.17) is 22.3 Å². The first kappa shape index (κ1) is 42.0. The van der Waals surface area contributed by atoms with Gasteiger partial charge in [0.1, 0.15) is 0 Å². The quantitative estimate of drug-likeness (QED) is 0.147. The van der Waals surface area contributed by atoms with Crippen LogP contribution in [0.1, 0.15) is 127 Å². The molecule has 2 aromatic rings. The highest BCUT2D eigenvalue weighted by Crippen LogP contribution is 2.59. The van der Waals surface area contributed by atoms with Crippen molar-refractivity contribution in [3.8, 4) is 0 Å². The number of fused-ring (bicyclic) bond motifs is 6. The van der Waals surface area contributed by atoms with E-state index in [0.717, 1.165) is 62.5 Å². The lowest BCUT2D eigenvalue weighted by atomic mass is 9.49. The van der Waals surface area contributed by atoms with Gasteiger partial charge in [0.25, 0.3) is 0 Å². The van der Waals surface area contributed by atoms with Gasteiger partial charge in [-0.15, -0.1) is 0 Å². The fourth-order valence-corrected chi connectivity index (χ4v) is 11.3. The van der Waals surface area contributed by atoms with E-state index < -0.39 is 46.6 Å². The first-order valence-corrected chi connectivity index (χ1v) is 20.6. The number of carboxylic acids is 1. The van der Waals surface area contributed by atoms with E-state index in [-0.39, 0.29) is 60.2 Å². The molecule has 13 nitrogen and oxygen atoms in total. The van der Waals surface area contributed by atoms with Crippen LogP contribution in [0.5, 0.6) is 0 Å². The molecule has 8 atom stereocenters. The first-order valence-electron chi connectivity index (χ1n) is 20.6. The predicted molar refractivity (Wildman–Crippen MR) is 217 cm³/mol. The number of nitrogens with one attached hydrogen (secondary N) is 3. The summed E-state index contributed by atoms with van der Waals surface area (Å²) >= 11 is 0. The van der Waals surface area contributed by atoms with Crippen molar-refractivity contribution in [2.24, 2.45) is 39.9 Å². The van der Waals surface area contributed by atoms with Gasteiger partial charge in [-0.25, -0.2) is 0 Å². The second-order valence-corrected chi connectivity index (χ2v) is 18.2. The molecule has 6 rings (SSSR count). The number of carbonyl (C=O) groups excluding carboxylic acids is 5. The Hall–Kier alpha value is -4.62. The molecule has 13 heteroatoms. The summed E-state index contributed by atoms with van der Waals surface area (Å²) in [5.74, 6) is -2.92. The molecule has 0 aliphatic heterocycles. The van der Waals surface area contributed by atoms with Crippen molar-refractivity contribution in [2.45, 2.75) is 141 Å². The number of amides is 5. The Kier molecular flexibility index (Phi) is 11.8. The lowest BCUT2D eigenvalue weighted by Crippen LogP contribution is -2.60. The molecule has 0 spiro atoms. The van der Waals surface area contributed by atoms with Crippen LogP contribution in [0.4, 0.5) is 11.4 Å². The van der Waals surface area contributed by atoms with E-state index in [1.165, 1.54) is 11.1 Å². The van der Waals surface area contributed by atoms with E-state index in [1.54, 1.807) is 0 Å². The van der Waals surface area contributed by atoms with Crippen LogP contribution in [0, 0.1) is 22.7 Å². The summed E-state index contributed by atoms with van der Waals surface area (Å²) < 4.78 is 0. The number of nitrogens with two attached hydrogens (primary N) is 3. The fourth-order valence-electron chi connectivity index (χ4n) is 11.3. The molecule has 5 amide bonds. The van der Waals surface area contributed by atoms with Crippen LogP contribution < -0.4 is 33.2 Å². The van der Waals surface area contributed by atoms with Gasteiger partial charge in [-0.1, -0.05) is 52.7 Å². The molecule has 0 bridgehead atoms. The minimum atomic E-state index is -1.01. The number of aliphatic carboxylic acids is 1. The lowest BCUT2D eigenvalue weighted by Gasteiger charge is -2.56. The lowest BCUT2D eigenvalue weighted by molar-refractivity contribution is -0.150. The fraction of sp³-hybridized carbons (Fsp3) is 0.591. The summed E-state index contributed by atoms with van der Waals surface area (Å²) in [4.78, 5) is 77.2. The maximum atomic E-state index is 14.6. The van der Waals surface area contributed by atoms with Crippen molar-refractivity contribution in [2.75, 3.05) is 10.6 Å². The molecule has 10 N–H and O–H groups in total. The van der Waals surface area contributed by atoms with Gasteiger partial charge in [-0.2, -0.15) is 0 Å². The highest BCUT2D eigenvalue weighted by Gasteiger charge is 2.58. The Labute approximate surface area is 335 Å². The van der Waals surface area contributed by atoms with E-state index >= 15 is 0 Å². The number of imide groups is 1. The van der Waals surface area contributed by atoms with Crippen molar-refractivity contribution in [3.05, 3.63) is 58.7 Å². The van der Waals surface area contributed by atoms with Gasteiger partial charge in [0.2, 0.25) is 29.5 Å². The Morgan fingerprint density at radius 1 is 0.684 bits per heavy atom. The molecule has 4 aliphatic rings. The molecule has 0 heterocycles. The van der Waals surface area contributed by atoms with Gasteiger partial charge >= 0.3 is 5.97 Å². The molecule has 1 unspecified atom stereocenters. The molecule has 0 radical (unpaired) electrons. The molecule has 4 aliphatic carbocycles. The van der Waals surface area contributed by atoms with Crippen LogP contribution in [0.3, 0.4) is 0 Å². The Bertz CT molecular complexity index is 1830. The van der Waals surface area contributed by atoms with Crippen LogP contribution in [0.2, 0.25) is 0 Å². The van der Waals surface area contributed by atoms with Gasteiger partial charge in [0.15, 0.2) is 0 Å². The maximum absolute atomic E-state index is 14.6. The second kappa shape index (κ2) is 16.0.